The van der Waals surface area contributed by atoms with Gasteiger partial charge in [0.05, 0.1) is 11.9 Å². The van der Waals surface area contributed by atoms with Crippen LogP contribution >= 0.6 is 0 Å². The van der Waals surface area contributed by atoms with Crippen LogP contribution < -0.4 is 11.1 Å². The van der Waals surface area contributed by atoms with Crippen LogP contribution in [0, 0.1) is 0 Å². The molecule has 2 aromatic rings. The molecule has 2 heterocycles. The van der Waals surface area contributed by atoms with E-state index in [0.29, 0.717) is 5.69 Å². The van der Waals surface area contributed by atoms with Gasteiger partial charge in [-0.1, -0.05) is 0 Å². The number of H-pyrrole nitrogens is 1. The van der Waals surface area contributed by atoms with Crippen molar-refractivity contribution >= 4 is 11.5 Å². The maximum atomic E-state index is 5.52. The summed E-state index contributed by atoms with van der Waals surface area (Å²) in [4.78, 5) is 8.13. The van der Waals surface area contributed by atoms with Crippen molar-refractivity contribution in [1.29, 1.82) is 0 Å². The summed E-state index contributed by atoms with van der Waals surface area (Å²) < 4.78 is 0. The second kappa shape index (κ2) is 4.41. The lowest BCUT2D eigenvalue weighted by Crippen LogP contribution is -2.07. The highest BCUT2D eigenvalue weighted by Gasteiger charge is 1.96. The second-order valence-corrected chi connectivity index (χ2v) is 3.09. The first-order valence-corrected chi connectivity index (χ1v) is 4.64. The number of rotatable bonds is 4. The predicted octanol–water partition coefficient (Wildman–Crippen LogP) is 0.436. The molecule has 0 spiro atoms. The van der Waals surface area contributed by atoms with E-state index in [2.05, 4.69) is 25.5 Å². The molecule has 0 saturated carbocycles. The number of nitrogens with one attached hydrogen (secondary N) is 2. The first-order valence-electron chi connectivity index (χ1n) is 4.64. The Labute approximate surface area is 86.9 Å². The summed E-state index contributed by atoms with van der Waals surface area (Å²) in [5.74, 6) is 1.67. The minimum atomic E-state index is 0.663. The molecule has 2 aromatic heterocycles. The number of nitrogens with two attached hydrogens (primary N) is 1. The Kier molecular flexibility index (Phi) is 2.77. The van der Waals surface area contributed by atoms with E-state index in [9.17, 15) is 0 Å². The Hall–Kier alpha value is -2.11. The van der Waals surface area contributed by atoms with Crippen LogP contribution in [0.5, 0.6) is 0 Å². The number of pyridine rings is 1. The smallest absolute Gasteiger partial charge is 0.137 e. The summed E-state index contributed by atoms with van der Waals surface area (Å²) in [6.45, 7) is 0.756. The molecular formula is C9H12N6. The van der Waals surface area contributed by atoms with Crippen LogP contribution in [-0.2, 0) is 6.42 Å². The fraction of sp³-hybridized carbons (Fsp3) is 0.222. The minimum Gasteiger partial charge on any atom is -0.397 e. The largest absolute Gasteiger partial charge is 0.397 e. The molecular weight excluding hydrogens is 192 g/mol. The SMILES string of the molecule is Nc1ccc(NCCc2ncn[nH]2)nc1. The molecule has 2 rings (SSSR count). The predicted molar refractivity (Wildman–Crippen MR) is 57.2 cm³/mol. The van der Waals surface area contributed by atoms with E-state index in [1.54, 1.807) is 6.20 Å². The molecule has 6 heteroatoms. The van der Waals surface area contributed by atoms with Gasteiger partial charge in [0.15, 0.2) is 0 Å². The summed E-state index contributed by atoms with van der Waals surface area (Å²) in [5, 5.41) is 9.71. The molecule has 0 unspecified atom stereocenters. The van der Waals surface area contributed by atoms with E-state index in [4.69, 9.17) is 5.73 Å². The molecule has 0 bridgehead atoms. The van der Waals surface area contributed by atoms with Crippen molar-refractivity contribution < 1.29 is 0 Å². The maximum Gasteiger partial charge on any atom is 0.137 e. The minimum absolute atomic E-state index is 0.663. The van der Waals surface area contributed by atoms with Crippen molar-refractivity contribution in [2.75, 3.05) is 17.6 Å². The van der Waals surface area contributed by atoms with Gasteiger partial charge in [0.1, 0.15) is 18.0 Å². The monoisotopic (exact) mass is 204 g/mol. The first-order chi connectivity index (χ1) is 7.34. The molecule has 0 atom stereocenters. The molecule has 0 aromatic carbocycles. The van der Waals surface area contributed by atoms with Crippen LogP contribution in [0.4, 0.5) is 11.5 Å². The van der Waals surface area contributed by atoms with Crippen molar-refractivity contribution in [1.82, 2.24) is 20.2 Å². The maximum absolute atomic E-state index is 5.52. The van der Waals surface area contributed by atoms with Crippen molar-refractivity contribution in [2.45, 2.75) is 6.42 Å². The third-order valence-electron chi connectivity index (χ3n) is 1.92. The van der Waals surface area contributed by atoms with Crippen molar-refractivity contribution in [2.24, 2.45) is 0 Å². The van der Waals surface area contributed by atoms with Gasteiger partial charge in [0.2, 0.25) is 0 Å². The zero-order valence-electron chi connectivity index (χ0n) is 8.14. The third kappa shape index (κ3) is 2.67. The average molecular weight is 204 g/mol. The molecule has 0 amide bonds. The quantitative estimate of drug-likeness (QED) is 0.671. The van der Waals surface area contributed by atoms with Gasteiger partial charge in [-0.15, -0.1) is 0 Å². The zero-order valence-corrected chi connectivity index (χ0v) is 8.14. The molecule has 4 N–H and O–H groups in total. The normalized spacial score (nSPS) is 10.1. The van der Waals surface area contributed by atoms with Crippen LogP contribution in [0.2, 0.25) is 0 Å². The summed E-state index contributed by atoms with van der Waals surface area (Å²) in [6, 6.07) is 3.65. The number of anilines is 2. The standard InChI is InChI=1S/C9H12N6/c10-7-1-2-8(12-5-7)11-4-3-9-13-6-14-15-9/h1-2,5-6H,3-4,10H2,(H,11,12)(H,13,14,15). The molecule has 6 nitrogen and oxygen atoms in total. The van der Waals surface area contributed by atoms with E-state index in [1.165, 1.54) is 6.33 Å². The van der Waals surface area contributed by atoms with Gasteiger partial charge in [-0.25, -0.2) is 9.97 Å². The summed E-state index contributed by atoms with van der Waals surface area (Å²) >= 11 is 0. The van der Waals surface area contributed by atoms with Crippen molar-refractivity contribution in [3.05, 3.63) is 30.5 Å². The lowest BCUT2D eigenvalue weighted by atomic mass is 10.4. The van der Waals surface area contributed by atoms with Crippen LogP contribution in [0.1, 0.15) is 5.82 Å². The Bertz CT molecular complexity index is 393. The number of aromatic amines is 1. The van der Waals surface area contributed by atoms with E-state index < -0.39 is 0 Å². The Morgan fingerprint density at radius 1 is 1.33 bits per heavy atom. The highest BCUT2D eigenvalue weighted by atomic mass is 15.2. The summed E-state index contributed by atoms with van der Waals surface area (Å²) in [6.07, 6.45) is 3.90. The fourth-order valence-corrected chi connectivity index (χ4v) is 1.17. The average Bonchev–Trinajstić information content (AvgIpc) is 2.74. The van der Waals surface area contributed by atoms with Crippen molar-refractivity contribution in [3.8, 4) is 0 Å². The lowest BCUT2D eigenvalue weighted by Gasteiger charge is -2.03. The van der Waals surface area contributed by atoms with E-state index >= 15 is 0 Å². The third-order valence-corrected chi connectivity index (χ3v) is 1.92. The lowest BCUT2D eigenvalue weighted by molar-refractivity contribution is 0.897. The molecule has 78 valence electrons. The van der Waals surface area contributed by atoms with Gasteiger partial charge < -0.3 is 11.1 Å². The van der Waals surface area contributed by atoms with Crippen LogP contribution in [0.25, 0.3) is 0 Å². The number of hydrogen-bond acceptors (Lipinski definition) is 5. The number of hydrogen-bond donors (Lipinski definition) is 3. The van der Waals surface area contributed by atoms with Crippen molar-refractivity contribution in [3.63, 3.8) is 0 Å². The van der Waals surface area contributed by atoms with E-state index in [0.717, 1.165) is 24.6 Å². The first kappa shape index (κ1) is 9.45. The van der Waals surface area contributed by atoms with Crippen LogP contribution in [-0.4, -0.2) is 26.7 Å². The highest BCUT2D eigenvalue weighted by Crippen LogP contribution is 2.05. The molecule has 0 aliphatic carbocycles. The Morgan fingerprint density at radius 2 is 2.27 bits per heavy atom. The number of aromatic nitrogens is 4. The molecule has 0 aliphatic rings. The molecule has 0 radical (unpaired) electrons. The van der Waals surface area contributed by atoms with Crippen LogP contribution in [0.15, 0.2) is 24.7 Å². The molecule has 0 aliphatic heterocycles. The molecule has 15 heavy (non-hydrogen) atoms. The topological polar surface area (TPSA) is 92.5 Å². The second-order valence-electron chi connectivity index (χ2n) is 3.09. The van der Waals surface area contributed by atoms with E-state index in [1.807, 2.05) is 12.1 Å². The summed E-state index contributed by atoms with van der Waals surface area (Å²) in [7, 11) is 0. The number of nitrogens with zero attached hydrogens (tertiary/aromatic N) is 3. The molecule has 0 fully saturated rings. The summed E-state index contributed by atoms with van der Waals surface area (Å²) in [5.41, 5.74) is 6.18. The van der Waals surface area contributed by atoms with Gasteiger partial charge in [0.25, 0.3) is 0 Å². The van der Waals surface area contributed by atoms with Crippen LogP contribution in [0.3, 0.4) is 0 Å². The zero-order chi connectivity index (χ0) is 10.5. The van der Waals surface area contributed by atoms with Gasteiger partial charge >= 0.3 is 0 Å². The van der Waals surface area contributed by atoms with Gasteiger partial charge in [0, 0.05) is 13.0 Å². The Morgan fingerprint density at radius 3 is 2.93 bits per heavy atom. The van der Waals surface area contributed by atoms with Gasteiger partial charge in [-0.2, -0.15) is 5.10 Å². The number of nitrogen functional groups attached to an aromatic ring is 1. The Balaban J connectivity index is 1.81. The van der Waals surface area contributed by atoms with E-state index in [-0.39, 0.29) is 0 Å². The fourth-order valence-electron chi connectivity index (χ4n) is 1.17. The highest BCUT2D eigenvalue weighted by molar-refractivity contribution is 5.43. The van der Waals surface area contributed by atoms with Gasteiger partial charge in [-0.05, 0) is 12.1 Å². The van der Waals surface area contributed by atoms with Gasteiger partial charge in [-0.3, -0.25) is 5.10 Å². The molecule has 0 saturated heterocycles.